The molecule has 206 valence electrons. The highest BCUT2D eigenvalue weighted by molar-refractivity contribution is 6.42. The number of ether oxygens (including phenoxy) is 3. The monoisotopic (exact) mass is 577 g/mol. The number of carbonyl (C=O) groups is 2. The van der Waals surface area contributed by atoms with E-state index in [9.17, 15) is 9.59 Å². The van der Waals surface area contributed by atoms with E-state index in [1.807, 2.05) is 61.5 Å². The van der Waals surface area contributed by atoms with Crippen LogP contribution in [0, 0.1) is 0 Å². The topological polar surface area (TPSA) is 73.9 Å². The summed E-state index contributed by atoms with van der Waals surface area (Å²) in [6.07, 6.45) is 0.937. The lowest BCUT2D eigenvalue weighted by atomic mass is 9.71. The van der Waals surface area contributed by atoms with Gasteiger partial charge in [-0.05, 0) is 66.8 Å². The first-order valence-electron chi connectivity index (χ1n) is 13.0. The molecule has 40 heavy (non-hydrogen) atoms. The van der Waals surface area contributed by atoms with Gasteiger partial charge in [-0.25, -0.2) is 4.79 Å². The molecule has 0 saturated carbocycles. The minimum Gasteiger partial charge on any atom is -0.497 e. The number of dihydropyridines is 1. The second-order valence-corrected chi connectivity index (χ2v) is 10.6. The van der Waals surface area contributed by atoms with Crippen LogP contribution >= 0.6 is 23.2 Å². The van der Waals surface area contributed by atoms with Crippen LogP contribution in [0.4, 0.5) is 0 Å². The number of rotatable bonds is 8. The SMILES string of the molecule is COc1ccc([C@@H]2CC(=O)C3=C(C2)NC(C)=C(C(=O)OCCOc2ccccc2)[C@@H]3c2ccc(Cl)c(Cl)c2)cc1. The average Bonchev–Trinajstić information content (AvgIpc) is 2.96. The second-order valence-electron chi connectivity index (χ2n) is 9.76. The number of allylic oxidation sites excluding steroid dienone is 3. The normalized spacial score (nSPS) is 18.6. The molecule has 2 atom stereocenters. The third-order valence-corrected chi connectivity index (χ3v) is 7.98. The van der Waals surface area contributed by atoms with Gasteiger partial charge in [-0.3, -0.25) is 4.79 Å². The Kier molecular flexibility index (Phi) is 8.48. The van der Waals surface area contributed by atoms with E-state index >= 15 is 0 Å². The lowest BCUT2D eigenvalue weighted by Gasteiger charge is -2.36. The lowest BCUT2D eigenvalue weighted by Crippen LogP contribution is -2.36. The molecular formula is C32H29Cl2NO5. The van der Waals surface area contributed by atoms with Gasteiger partial charge in [0.1, 0.15) is 24.7 Å². The van der Waals surface area contributed by atoms with Crippen molar-refractivity contribution in [2.24, 2.45) is 0 Å². The summed E-state index contributed by atoms with van der Waals surface area (Å²) in [5, 5.41) is 4.11. The van der Waals surface area contributed by atoms with Crippen molar-refractivity contribution < 1.29 is 23.8 Å². The van der Waals surface area contributed by atoms with Crippen molar-refractivity contribution in [1.82, 2.24) is 5.32 Å². The zero-order valence-electron chi connectivity index (χ0n) is 22.2. The van der Waals surface area contributed by atoms with Crippen LogP contribution in [0.25, 0.3) is 0 Å². The van der Waals surface area contributed by atoms with Gasteiger partial charge in [0.15, 0.2) is 5.78 Å². The molecule has 0 unspecified atom stereocenters. The van der Waals surface area contributed by atoms with Gasteiger partial charge >= 0.3 is 5.97 Å². The molecule has 0 radical (unpaired) electrons. The van der Waals surface area contributed by atoms with E-state index in [2.05, 4.69) is 5.32 Å². The number of para-hydroxylation sites is 1. The fourth-order valence-corrected chi connectivity index (χ4v) is 5.64. The summed E-state index contributed by atoms with van der Waals surface area (Å²) in [6.45, 7) is 2.08. The van der Waals surface area contributed by atoms with E-state index in [0.717, 1.165) is 17.0 Å². The number of carbonyl (C=O) groups excluding carboxylic acids is 2. The van der Waals surface area contributed by atoms with Gasteiger partial charge in [0.2, 0.25) is 0 Å². The number of Topliss-reactive ketones (excluding diaryl/α,β-unsaturated/α-hetero) is 1. The third kappa shape index (κ3) is 5.88. The first-order chi connectivity index (χ1) is 19.4. The molecule has 3 aromatic rings. The van der Waals surface area contributed by atoms with E-state index < -0.39 is 11.9 Å². The Hall–Kier alpha value is -3.74. The van der Waals surface area contributed by atoms with Crippen molar-refractivity contribution in [3.05, 3.63) is 117 Å². The molecule has 0 fully saturated rings. The summed E-state index contributed by atoms with van der Waals surface area (Å²) in [7, 11) is 1.62. The zero-order valence-corrected chi connectivity index (χ0v) is 23.7. The molecule has 0 saturated heterocycles. The van der Waals surface area contributed by atoms with Gasteiger partial charge in [-0.2, -0.15) is 0 Å². The van der Waals surface area contributed by atoms with E-state index in [1.165, 1.54) is 0 Å². The fourth-order valence-electron chi connectivity index (χ4n) is 5.34. The summed E-state index contributed by atoms with van der Waals surface area (Å²) in [4.78, 5) is 27.3. The summed E-state index contributed by atoms with van der Waals surface area (Å²) in [6, 6.07) is 22.3. The molecule has 2 aliphatic rings. The maximum atomic E-state index is 13.8. The first-order valence-corrected chi connectivity index (χ1v) is 13.8. The molecule has 0 aromatic heterocycles. The van der Waals surface area contributed by atoms with Crippen LogP contribution < -0.4 is 14.8 Å². The summed E-state index contributed by atoms with van der Waals surface area (Å²) in [5.41, 5.74) is 4.11. The van der Waals surface area contributed by atoms with Gasteiger partial charge in [0.25, 0.3) is 0 Å². The highest BCUT2D eigenvalue weighted by Gasteiger charge is 2.41. The molecule has 3 aromatic carbocycles. The van der Waals surface area contributed by atoms with Crippen molar-refractivity contribution >= 4 is 35.0 Å². The molecule has 1 aliphatic heterocycles. The van der Waals surface area contributed by atoms with Crippen LogP contribution in [0.1, 0.15) is 42.7 Å². The fraction of sp³-hybridized carbons (Fsp3) is 0.250. The second kappa shape index (κ2) is 12.2. The summed E-state index contributed by atoms with van der Waals surface area (Å²) in [5.74, 6) is 0.256. The van der Waals surface area contributed by atoms with Crippen LogP contribution in [0.5, 0.6) is 11.5 Å². The van der Waals surface area contributed by atoms with Crippen LogP contribution in [-0.4, -0.2) is 32.1 Å². The Morgan fingerprint density at radius 1 is 0.900 bits per heavy atom. The number of ketones is 1. The number of hydrogen-bond acceptors (Lipinski definition) is 6. The molecule has 0 spiro atoms. The Morgan fingerprint density at radius 3 is 2.33 bits per heavy atom. The largest absolute Gasteiger partial charge is 0.497 e. The van der Waals surface area contributed by atoms with E-state index in [0.29, 0.717) is 51.0 Å². The first kappa shape index (κ1) is 27.8. The predicted octanol–water partition coefficient (Wildman–Crippen LogP) is 6.99. The van der Waals surface area contributed by atoms with Crippen molar-refractivity contribution in [3.63, 3.8) is 0 Å². The van der Waals surface area contributed by atoms with E-state index in [1.54, 1.807) is 25.3 Å². The van der Waals surface area contributed by atoms with Gasteiger partial charge in [-0.15, -0.1) is 0 Å². The van der Waals surface area contributed by atoms with Crippen molar-refractivity contribution in [3.8, 4) is 11.5 Å². The maximum absolute atomic E-state index is 13.8. The van der Waals surface area contributed by atoms with Gasteiger partial charge in [0.05, 0.1) is 22.7 Å². The van der Waals surface area contributed by atoms with Gasteiger partial charge in [0, 0.05) is 29.3 Å². The number of methoxy groups -OCH3 is 1. The number of benzene rings is 3. The number of halogens is 2. The van der Waals surface area contributed by atoms with E-state index in [-0.39, 0.29) is 24.9 Å². The third-order valence-electron chi connectivity index (χ3n) is 7.24. The molecule has 8 heteroatoms. The highest BCUT2D eigenvalue weighted by Crippen LogP contribution is 2.46. The Balaban J connectivity index is 1.43. The molecule has 1 heterocycles. The maximum Gasteiger partial charge on any atom is 0.336 e. The van der Waals surface area contributed by atoms with Gasteiger partial charge < -0.3 is 19.5 Å². The minimum atomic E-state index is -0.641. The molecule has 0 amide bonds. The molecule has 1 N–H and O–H groups in total. The predicted molar refractivity (Wildman–Crippen MR) is 155 cm³/mol. The average molecular weight is 578 g/mol. The van der Waals surface area contributed by atoms with Crippen LogP contribution in [-0.2, 0) is 14.3 Å². The van der Waals surface area contributed by atoms with Crippen molar-refractivity contribution in [1.29, 1.82) is 0 Å². The smallest absolute Gasteiger partial charge is 0.336 e. The number of hydrogen-bond donors (Lipinski definition) is 1. The molecule has 1 aliphatic carbocycles. The minimum absolute atomic E-state index is 0.00412. The Labute approximate surface area is 243 Å². The quantitative estimate of drug-likeness (QED) is 0.230. The van der Waals surface area contributed by atoms with E-state index in [4.69, 9.17) is 37.4 Å². The summed E-state index contributed by atoms with van der Waals surface area (Å²) < 4.78 is 16.6. The Morgan fingerprint density at radius 2 is 1.62 bits per heavy atom. The molecular weight excluding hydrogens is 549 g/mol. The Bertz CT molecular complexity index is 1480. The molecule has 6 nitrogen and oxygen atoms in total. The number of esters is 1. The molecule has 5 rings (SSSR count). The van der Waals surface area contributed by atoms with Crippen LogP contribution in [0.15, 0.2) is 95.3 Å². The van der Waals surface area contributed by atoms with Crippen LogP contribution in [0.2, 0.25) is 10.0 Å². The zero-order chi connectivity index (χ0) is 28.2. The lowest BCUT2D eigenvalue weighted by molar-refractivity contribution is -0.140. The summed E-state index contributed by atoms with van der Waals surface area (Å²) >= 11 is 12.6. The standard InChI is InChI=1S/C32H29Cl2NO5/c1-19-29(32(37)40-15-14-39-24-6-4-3-5-7-24)30(21-10-13-25(33)26(34)16-21)31-27(35-19)17-22(18-28(31)36)20-8-11-23(38-2)12-9-20/h3-13,16,22,30,35H,14-15,17-18H2,1-2H3/t22-,30-/m0/s1. The molecule has 0 bridgehead atoms. The highest BCUT2D eigenvalue weighted by atomic mass is 35.5. The van der Waals surface area contributed by atoms with Gasteiger partial charge in [-0.1, -0.05) is 59.6 Å². The van der Waals surface area contributed by atoms with Crippen molar-refractivity contribution in [2.75, 3.05) is 20.3 Å². The van der Waals surface area contributed by atoms with Crippen molar-refractivity contribution in [2.45, 2.75) is 31.6 Å². The van der Waals surface area contributed by atoms with Crippen LogP contribution in [0.3, 0.4) is 0 Å². The number of nitrogens with one attached hydrogen (secondary N) is 1.